The topological polar surface area (TPSA) is 29.5 Å². The molecule has 0 fully saturated rings. The Labute approximate surface area is 102 Å². The van der Waals surface area contributed by atoms with Crippen LogP contribution in [0.5, 0.6) is 0 Å². The molecule has 0 saturated carbocycles. The summed E-state index contributed by atoms with van der Waals surface area (Å²) in [5.41, 5.74) is 1.31. The van der Waals surface area contributed by atoms with E-state index in [2.05, 4.69) is 30.7 Å². The molecule has 0 aliphatic rings. The lowest BCUT2D eigenvalue weighted by Gasteiger charge is -2.26. The van der Waals surface area contributed by atoms with Gasteiger partial charge in [-0.3, -0.25) is 0 Å². The van der Waals surface area contributed by atoms with Crippen LogP contribution in [0.25, 0.3) is 0 Å². The van der Waals surface area contributed by atoms with Gasteiger partial charge in [0.25, 0.3) is 0 Å². The van der Waals surface area contributed by atoms with Crippen molar-refractivity contribution in [3.05, 3.63) is 22.4 Å². The molecule has 0 radical (unpaired) electrons. The third-order valence-corrected chi connectivity index (χ3v) is 3.44. The van der Waals surface area contributed by atoms with Crippen LogP contribution in [-0.4, -0.2) is 23.9 Å². The van der Waals surface area contributed by atoms with Crippen LogP contribution in [0, 0.1) is 5.92 Å². The highest BCUT2D eigenvalue weighted by molar-refractivity contribution is 7.07. The number of aliphatic hydroxyl groups is 1. The van der Waals surface area contributed by atoms with Crippen molar-refractivity contribution in [2.24, 2.45) is 5.92 Å². The van der Waals surface area contributed by atoms with Gasteiger partial charge in [-0.1, -0.05) is 13.8 Å². The Balaban J connectivity index is 2.39. The Kier molecular flexibility index (Phi) is 6.03. The molecule has 0 saturated heterocycles. The smallest absolute Gasteiger partial charge is 0.0856 e. The monoisotopic (exact) mass is 242 g/mol. The Morgan fingerprint density at radius 3 is 2.69 bits per heavy atom. The third-order valence-electron chi connectivity index (χ3n) is 2.70. The van der Waals surface area contributed by atoms with Crippen LogP contribution < -0.4 is 0 Å². The zero-order chi connectivity index (χ0) is 12.0. The Morgan fingerprint density at radius 1 is 1.44 bits per heavy atom. The molecule has 0 bridgehead atoms. The van der Waals surface area contributed by atoms with E-state index in [0.717, 1.165) is 12.8 Å². The maximum atomic E-state index is 10.1. The van der Waals surface area contributed by atoms with Crippen LogP contribution >= 0.6 is 11.3 Å². The second kappa shape index (κ2) is 7.05. The van der Waals surface area contributed by atoms with Crippen LogP contribution in [-0.2, 0) is 11.2 Å². The van der Waals surface area contributed by atoms with Crippen molar-refractivity contribution in [2.45, 2.75) is 45.8 Å². The van der Waals surface area contributed by atoms with Crippen LogP contribution in [0.2, 0.25) is 0 Å². The second-order valence-electron chi connectivity index (χ2n) is 4.40. The van der Waals surface area contributed by atoms with E-state index < -0.39 is 0 Å². The summed E-state index contributed by atoms with van der Waals surface area (Å²) in [6, 6.07) is 2.11. The molecule has 2 atom stereocenters. The average Bonchev–Trinajstić information content (AvgIpc) is 2.75. The van der Waals surface area contributed by atoms with Gasteiger partial charge in [0.1, 0.15) is 0 Å². The molecule has 1 aromatic rings. The summed E-state index contributed by atoms with van der Waals surface area (Å²) in [4.78, 5) is 0. The second-order valence-corrected chi connectivity index (χ2v) is 5.18. The molecule has 1 heterocycles. The number of aryl methyl sites for hydroxylation is 1. The fraction of sp³-hybridized carbons (Fsp3) is 0.692. The van der Waals surface area contributed by atoms with E-state index >= 15 is 0 Å². The van der Waals surface area contributed by atoms with Gasteiger partial charge < -0.3 is 9.84 Å². The van der Waals surface area contributed by atoms with Crippen molar-refractivity contribution in [3.63, 3.8) is 0 Å². The molecule has 3 heteroatoms. The summed E-state index contributed by atoms with van der Waals surface area (Å²) in [5, 5.41) is 14.3. The van der Waals surface area contributed by atoms with Crippen molar-refractivity contribution in [1.29, 1.82) is 0 Å². The number of aliphatic hydroxyl groups excluding tert-OH is 1. The van der Waals surface area contributed by atoms with Gasteiger partial charge in [0.2, 0.25) is 0 Å². The first-order valence-corrected chi connectivity index (χ1v) is 6.90. The van der Waals surface area contributed by atoms with Crippen molar-refractivity contribution < 1.29 is 9.84 Å². The van der Waals surface area contributed by atoms with Gasteiger partial charge in [0.05, 0.1) is 12.2 Å². The van der Waals surface area contributed by atoms with Gasteiger partial charge in [0, 0.05) is 6.61 Å². The number of hydrogen-bond acceptors (Lipinski definition) is 3. The zero-order valence-electron chi connectivity index (χ0n) is 10.3. The summed E-state index contributed by atoms with van der Waals surface area (Å²) < 4.78 is 5.59. The van der Waals surface area contributed by atoms with Crippen LogP contribution in [0.4, 0.5) is 0 Å². The van der Waals surface area contributed by atoms with Gasteiger partial charge >= 0.3 is 0 Å². The Bertz CT molecular complexity index is 269. The minimum atomic E-state index is -0.361. The minimum absolute atomic E-state index is 0.0383. The van der Waals surface area contributed by atoms with E-state index in [1.165, 1.54) is 5.56 Å². The van der Waals surface area contributed by atoms with Gasteiger partial charge in [0.15, 0.2) is 0 Å². The first-order chi connectivity index (χ1) is 7.65. The highest BCUT2D eigenvalue weighted by atomic mass is 32.1. The van der Waals surface area contributed by atoms with Crippen LogP contribution in [0.15, 0.2) is 16.8 Å². The number of hydrogen-bond donors (Lipinski definition) is 1. The fourth-order valence-electron chi connectivity index (χ4n) is 1.85. The van der Waals surface area contributed by atoms with E-state index in [4.69, 9.17) is 4.74 Å². The molecule has 0 spiro atoms. The molecule has 0 aromatic carbocycles. The molecule has 1 aromatic heterocycles. The predicted molar refractivity (Wildman–Crippen MR) is 68.9 cm³/mol. The Morgan fingerprint density at radius 2 is 2.19 bits per heavy atom. The van der Waals surface area contributed by atoms with Crippen molar-refractivity contribution in [1.82, 2.24) is 0 Å². The van der Waals surface area contributed by atoms with Gasteiger partial charge in [-0.05, 0) is 48.1 Å². The normalized spacial score (nSPS) is 15.3. The summed E-state index contributed by atoms with van der Waals surface area (Å²) in [6.07, 6.45) is 1.31. The molecule has 0 aliphatic carbocycles. The Hall–Kier alpha value is -0.380. The molecule has 2 nitrogen and oxygen atoms in total. The molecule has 0 aliphatic heterocycles. The highest BCUT2D eigenvalue weighted by Crippen LogP contribution is 2.17. The van der Waals surface area contributed by atoms with Crippen LogP contribution in [0.3, 0.4) is 0 Å². The lowest BCUT2D eigenvalue weighted by molar-refractivity contribution is -0.0593. The van der Waals surface area contributed by atoms with Crippen molar-refractivity contribution in [3.8, 4) is 0 Å². The quantitative estimate of drug-likeness (QED) is 0.796. The number of thiophene rings is 1. The summed E-state index contributed by atoms with van der Waals surface area (Å²) in [6.45, 7) is 6.82. The molecule has 1 N–H and O–H groups in total. The summed E-state index contributed by atoms with van der Waals surface area (Å²) in [5.74, 6) is 0.359. The largest absolute Gasteiger partial charge is 0.390 e. The maximum absolute atomic E-state index is 10.1. The predicted octanol–water partition coefficient (Wildman–Crippen LogP) is 3.10. The molecule has 92 valence electrons. The summed E-state index contributed by atoms with van der Waals surface area (Å²) >= 11 is 1.70. The number of ether oxygens (including phenoxy) is 1. The minimum Gasteiger partial charge on any atom is -0.390 e. The van der Waals surface area contributed by atoms with Gasteiger partial charge in [-0.2, -0.15) is 11.3 Å². The first kappa shape index (κ1) is 13.7. The zero-order valence-corrected chi connectivity index (χ0v) is 11.2. The van der Waals surface area contributed by atoms with E-state index in [1.807, 2.05) is 6.92 Å². The van der Waals surface area contributed by atoms with E-state index in [1.54, 1.807) is 11.3 Å². The van der Waals surface area contributed by atoms with E-state index in [0.29, 0.717) is 12.5 Å². The lowest BCUT2D eigenvalue weighted by Crippen LogP contribution is -2.34. The number of rotatable bonds is 7. The van der Waals surface area contributed by atoms with Gasteiger partial charge in [-0.25, -0.2) is 0 Å². The molecular formula is C13H22O2S. The summed E-state index contributed by atoms with van der Waals surface area (Å²) in [7, 11) is 0. The maximum Gasteiger partial charge on any atom is 0.0856 e. The van der Waals surface area contributed by atoms with Crippen molar-refractivity contribution >= 4 is 11.3 Å². The standard InChI is InChI=1S/C13H22O2S/c1-4-15-13(10(2)3)12(14)6-5-11-7-8-16-9-11/h7-10,12-14H,4-6H2,1-3H3. The third kappa shape index (κ3) is 4.24. The molecule has 1 rings (SSSR count). The van der Waals surface area contributed by atoms with Crippen molar-refractivity contribution in [2.75, 3.05) is 6.61 Å². The highest BCUT2D eigenvalue weighted by Gasteiger charge is 2.22. The SMILES string of the molecule is CCOC(C(C)C)C(O)CCc1ccsc1. The average molecular weight is 242 g/mol. The molecular weight excluding hydrogens is 220 g/mol. The van der Waals surface area contributed by atoms with Gasteiger partial charge in [-0.15, -0.1) is 0 Å². The molecule has 0 amide bonds. The first-order valence-electron chi connectivity index (χ1n) is 5.95. The fourth-order valence-corrected chi connectivity index (χ4v) is 2.56. The lowest BCUT2D eigenvalue weighted by atomic mass is 9.97. The van der Waals surface area contributed by atoms with E-state index in [-0.39, 0.29) is 12.2 Å². The molecule has 16 heavy (non-hydrogen) atoms. The van der Waals surface area contributed by atoms with Crippen LogP contribution in [0.1, 0.15) is 32.8 Å². The van der Waals surface area contributed by atoms with E-state index in [9.17, 15) is 5.11 Å². The molecule has 2 unspecified atom stereocenters.